The van der Waals surface area contributed by atoms with Gasteiger partial charge in [-0.25, -0.2) is 4.98 Å². The molecule has 0 unspecified atom stereocenters. The van der Waals surface area contributed by atoms with Gasteiger partial charge in [-0.2, -0.15) is 5.26 Å². The highest BCUT2D eigenvalue weighted by atomic mass is 35.5. The second-order valence-corrected chi connectivity index (χ2v) is 3.77. The highest BCUT2D eigenvalue weighted by Gasteiger charge is 2.06. The van der Waals surface area contributed by atoms with Crippen molar-refractivity contribution in [2.45, 2.75) is 6.92 Å². The van der Waals surface area contributed by atoms with Gasteiger partial charge in [-0.3, -0.25) is 0 Å². The van der Waals surface area contributed by atoms with Crippen LogP contribution in [0.25, 0.3) is 6.08 Å². The predicted octanol–water partition coefficient (Wildman–Crippen LogP) is 2.45. The molecule has 3 nitrogen and oxygen atoms in total. The average molecular weight is 222 g/mol. The Balaban J connectivity index is 3.22. The molecule has 15 heavy (non-hydrogen) atoms. The number of aryl methyl sites for hydroxylation is 1. The Bertz CT molecular complexity index is 430. The van der Waals surface area contributed by atoms with Crippen LogP contribution in [0.15, 0.2) is 12.3 Å². The van der Waals surface area contributed by atoms with E-state index in [0.29, 0.717) is 5.56 Å². The Morgan fingerprint density at radius 1 is 1.53 bits per heavy atom. The molecular weight excluding hydrogens is 210 g/mol. The minimum atomic E-state index is 0.260. The largest absolute Gasteiger partial charge is 0.383 e. The van der Waals surface area contributed by atoms with E-state index in [1.165, 1.54) is 0 Å². The van der Waals surface area contributed by atoms with Gasteiger partial charge in [0, 0.05) is 19.8 Å². The molecule has 0 aliphatic rings. The molecule has 0 N–H and O–H groups in total. The molecule has 78 valence electrons. The van der Waals surface area contributed by atoms with Crippen LogP contribution in [-0.4, -0.2) is 24.0 Å². The van der Waals surface area contributed by atoms with Gasteiger partial charge in [0.25, 0.3) is 0 Å². The minimum absolute atomic E-state index is 0.260. The van der Waals surface area contributed by atoms with Crippen molar-refractivity contribution in [3.05, 3.63) is 34.2 Å². The first-order valence-corrected chi connectivity index (χ1v) is 4.84. The van der Waals surface area contributed by atoms with Crippen LogP contribution in [0.5, 0.6) is 0 Å². The summed E-state index contributed by atoms with van der Waals surface area (Å²) in [5, 5.41) is 9.19. The van der Waals surface area contributed by atoms with E-state index >= 15 is 0 Å². The van der Waals surface area contributed by atoms with Crippen molar-refractivity contribution < 1.29 is 0 Å². The molecule has 4 heteroatoms. The molecule has 0 saturated heterocycles. The van der Waals surface area contributed by atoms with Gasteiger partial charge in [-0.1, -0.05) is 11.6 Å². The van der Waals surface area contributed by atoms with Gasteiger partial charge in [0.1, 0.15) is 11.2 Å². The maximum absolute atomic E-state index is 8.93. The van der Waals surface area contributed by atoms with Crippen LogP contribution < -0.4 is 0 Å². The van der Waals surface area contributed by atoms with E-state index < -0.39 is 0 Å². The summed E-state index contributed by atoms with van der Waals surface area (Å²) in [6.07, 6.45) is 3.71. The van der Waals surface area contributed by atoms with Gasteiger partial charge >= 0.3 is 0 Å². The molecule has 1 aromatic heterocycles. The summed E-state index contributed by atoms with van der Waals surface area (Å²) in [6.45, 7) is 1.85. The standard InChI is InChI=1S/C11H12ClN3/c1-8-6-9(4-5-15(2)3)10(7-13)11(12)14-8/h4-6H,1-3H3/b5-4-. The van der Waals surface area contributed by atoms with Gasteiger partial charge in [0.15, 0.2) is 0 Å². The molecule has 0 atom stereocenters. The van der Waals surface area contributed by atoms with Crippen molar-refractivity contribution in [3.63, 3.8) is 0 Å². The summed E-state index contributed by atoms with van der Waals surface area (Å²) >= 11 is 5.87. The SMILES string of the molecule is Cc1cc(/C=C\N(C)C)c(C#N)c(Cl)n1. The van der Waals surface area contributed by atoms with Crippen molar-refractivity contribution in [1.82, 2.24) is 9.88 Å². The molecule has 0 spiro atoms. The molecular formula is C11H12ClN3. The predicted molar refractivity (Wildman–Crippen MR) is 61.4 cm³/mol. The fourth-order valence-electron chi connectivity index (χ4n) is 1.13. The summed E-state index contributed by atoms with van der Waals surface area (Å²) in [5.41, 5.74) is 2.02. The number of halogens is 1. The summed E-state index contributed by atoms with van der Waals surface area (Å²) in [6, 6.07) is 3.89. The Hall–Kier alpha value is -1.53. The van der Waals surface area contributed by atoms with Crippen LogP contribution in [0.3, 0.4) is 0 Å². The first-order valence-electron chi connectivity index (χ1n) is 4.46. The Morgan fingerprint density at radius 2 is 2.20 bits per heavy atom. The maximum Gasteiger partial charge on any atom is 0.147 e. The Labute approximate surface area is 94.6 Å². The smallest absolute Gasteiger partial charge is 0.147 e. The van der Waals surface area contributed by atoms with Gasteiger partial charge in [-0.05, 0) is 30.8 Å². The van der Waals surface area contributed by atoms with Crippen LogP contribution >= 0.6 is 11.6 Å². The molecule has 0 saturated carbocycles. The minimum Gasteiger partial charge on any atom is -0.383 e. The van der Waals surface area contributed by atoms with Crippen LogP contribution in [0.2, 0.25) is 5.15 Å². The monoisotopic (exact) mass is 221 g/mol. The van der Waals surface area contributed by atoms with Crippen molar-refractivity contribution in [3.8, 4) is 6.07 Å². The first kappa shape index (κ1) is 11.5. The zero-order valence-corrected chi connectivity index (χ0v) is 9.71. The molecule has 0 radical (unpaired) electrons. The number of rotatable bonds is 2. The van der Waals surface area contributed by atoms with Gasteiger partial charge in [-0.15, -0.1) is 0 Å². The fraction of sp³-hybridized carbons (Fsp3) is 0.273. The Kier molecular flexibility index (Phi) is 3.70. The third-order valence-electron chi connectivity index (χ3n) is 1.80. The second kappa shape index (κ2) is 4.81. The van der Waals surface area contributed by atoms with Crippen molar-refractivity contribution in [2.24, 2.45) is 0 Å². The van der Waals surface area contributed by atoms with Crippen molar-refractivity contribution in [2.75, 3.05) is 14.1 Å². The molecule has 1 heterocycles. The topological polar surface area (TPSA) is 39.9 Å². The zero-order chi connectivity index (χ0) is 11.4. The number of pyridine rings is 1. The number of nitriles is 1. The number of hydrogen-bond acceptors (Lipinski definition) is 3. The van der Waals surface area contributed by atoms with Crippen LogP contribution in [0, 0.1) is 18.3 Å². The highest BCUT2D eigenvalue weighted by molar-refractivity contribution is 6.30. The van der Waals surface area contributed by atoms with Gasteiger partial charge in [0.2, 0.25) is 0 Å². The molecule has 1 rings (SSSR count). The van der Waals surface area contributed by atoms with Gasteiger partial charge in [0.05, 0.1) is 5.56 Å². The Morgan fingerprint density at radius 3 is 2.73 bits per heavy atom. The van der Waals surface area contributed by atoms with E-state index in [1.54, 1.807) is 0 Å². The third-order valence-corrected chi connectivity index (χ3v) is 2.07. The van der Waals surface area contributed by atoms with E-state index in [4.69, 9.17) is 16.9 Å². The van der Waals surface area contributed by atoms with Crippen molar-refractivity contribution in [1.29, 1.82) is 5.26 Å². The molecule has 0 aromatic carbocycles. The van der Waals surface area contributed by atoms with E-state index in [0.717, 1.165) is 11.3 Å². The molecule has 0 aliphatic heterocycles. The lowest BCUT2D eigenvalue weighted by molar-refractivity contribution is 0.567. The summed E-state index contributed by atoms with van der Waals surface area (Å²) in [7, 11) is 3.83. The van der Waals surface area contributed by atoms with Crippen LogP contribution in [0.1, 0.15) is 16.8 Å². The molecule has 0 aliphatic carbocycles. The summed E-state index contributed by atoms with van der Waals surface area (Å²) < 4.78 is 0. The summed E-state index contributed by atoms with van der Waals surface area (Å²) in [5.74, 6) is 0. The second-order valence-electron chi connectivity index (χ2n) is 3.41. The molecule has 1 aromatic rings. The first-order chi connectivity index (χ1) is 7.04. The number of aromatic nitrogens is 1. The summed E-state index contributed by atoms with van der Waals surface area (Å²) in [4.78, 5) is 5.92. The lowest BCUT2D eigenvalue weighted by atomic mass is 10.1. The van der Waals surface area contributed by atoms with E-state index in [-0.39, 0.29) is 5.15 Å². The average Bonchev–Trinajstić information content (AvgIpc) is 2.13. The molecule has 0 amide bonds. The normalized spacial score (nSPS) is 10.3. The lowest BCUT2D eigenvalue weighted by Crippen LogP contribution is -2.00. The third kappa shape index (κ3) is 2.97. The van der Waals surface area contributed by atoms with Crippen LogP contribution in [-0.2, 0) is 0 Å². The fourth-order valence-corrected chi connectivity index (χ4v) is 1.42. The van der Waals surface area contributed by atoms with E-state index in [2.05, 4.69) is 11.1 Å². The van der Waals surface area contributed by atoms with Gasteiger partial charge < -0.3 is 4.90 Å². The van der Waals surface area contributed by atoms with Crippen molar-refractivity contribution >= 4 is 17.7 Å². The van der Waals surface area contributed by atoms with E-state index in [1.807, 2.05) is 44.3 Å². The lowest BCUT2D eigenvalue weighted by Gasteiger charge is -2.05. The quantitative estimate of drug-likeness (QED) is 0.721. The highest BCUT2D eigenvalue weighted by Crippen LogP contribution is 2.19. The number of nitrogens with zero attached hydrogens (tertiary/aromatic N) is 3. The molecule has 0 fully saturated rings. The van der Waals surface area contributed by atoms with Crippen LogP contribution in [0.4, 0.5) is 0 Å². The molecule has 0 bridgehead atoms. The van der Waals surface area contributed by atoms with E-state index in [9.17, 15) is 0 Å². The zero-order valence-electron chi connectivity index (χ0n) is 8.95. The maximum atomic E-state index is 8.93. The number of hydrogen-bond donors (Lipinski definition) is 0.